The van der Waals surface area contributed by atoms with Crippen LogP contribution in [0.3, 0.4) is 0 Å². The summed E-state index contributed by atoms with van der Waals surface area (Å²) in [5.74, 6) is -0.0696. The third kappa shape index (κ3) is 8.80. The van der Waals surface area contributed by atoms with E-state index >= 15 is 0 Å². The zero-order valence-corrected chi connectivity index (χ0v) is 29.1. The number of esters is 1. The molecular weight excluding hydrogens is 572 g/mol. The molecule has 1 unspecified atom stereocenters. The molecule has 4 aliphatic rings. The van der Waals surface area contributed by atoms with E-state index in [-0.39, 0.29) is 37.0 Å². The van der Waals surface area contributed by atoms with E-state index in [1.807, 2.05) is 34.6 Å². The second-order valence-corrected chi connectivity index (χ2v) is 18.6. The van der Waals surface area contributed by atoms with Crippen molar-refractivity contribution < 1.29 is 47.2 Å². The summed E-state index contributed by atoms with van der Waals surface area (Å²) in [4.78, 5) is 12.2. The maximum atomic E-state index is 12.2. The number of aliphatic hydroxyl groups excluding tert-OH is 1. The van der Waals surface area contributed by atoms with Crippen molar-refractivity contribution in [3.63, 3.8) is 0 Å². The lowest BCUT2D eigenvalue weighted by molar-refractivity contribution is -0.260. The van der Waals surface area contributed by atoms with Gasteiger partial charge in [-0.1, -0.05) is 27.7 Å². The lowest BCUT2D eigenvalue weighted by Gasteiger charge is -2.47. The second-order valence-electron chi connectivity index (χ2n) is 15.3. The smallest absolute Gasteiger partial charge is 0.338 e. The van der Waals surface area contributed by atoms with Crippen LogP contribution in [-0.4, -0.2) is 101 Å². The summed E-state index contributed by atoms with van der Waals surface area (Å²) < 4.78 is 50.7. The summed E-state index contributed by atoms with van der Waals surface area (Å²) >= 11 is 0. The number of carbonyl (C=O) groups is 1. The minimum atomic E-state index is -2.66. The molecule has 0 aliphatic carbocycles. The minimum absolute atomic E-state index is 0.134. The summed E-state index contributed by atoms with van der Waals surface area (Å²) in [6.07, 6.45) is -1.19. The van der Waals surface area contributed by atoms with E-state index in [4.69, 9.17) is 37.3 Å². The first-order valence-corrected chi connectivity index (χ1v) is 18.6. The van der Waals surface area contributed by atoms with Gasteiger partial charge in [0.1, 0.15) is 30.5 Å². The van der Waals surface area contributed by atoms with E-state index in [0.29, 0.717) is 31.3 Å². The van der Waals surface area contributed by atoms with Crippen molar-refractivity contribution >= 4 is 14.5 Å². The van der Waals surface area contributed by atoms with Crippen molar-refractivity contribution in [1.29, 1.82) is 0 Å². The van der Waals surface area contributed by atoms with Crippen molar-refractivity contribution in [3.05, 3.63) is 0 Å². The van der Waals surface area contributed by atoms with Crippen LogP contribution in [-0.2, 0) is 42.1 Å². The predicted octanol–water partition coefficient (Wildman–Crippen LogP) is 4.74. The largest absolute Gasteiger partial charge is 0.465 e. The lowest BCUT2D eigenvalue weighted by Crippen LogP contribution is -2.62. The molecule has 0 bridgehead atoms. The number of carbonyl (C=O) groups excluding carboxylic acids is 1. The van der Waals surface area contributed by atoms with Gasteiger partial charge < -0.3 is 42.4 Å². The number of ether oxygens (including phenoxy) is 6. The van der Waals surface area contributed by atoms with Gasteiger partial charge in [-0.05, 0) is 71.4 Å². The Hall–Kier alpha value is -0.633. The van der Waals surface area contributed by atoms with Crippen molar-refractivity contribution in [2.45, 2.75) is 161 Å². The maximum Gasteiger partial charge on any atom is 0.338 e. The van der Waals surface area contributed by atoms with Crippen LogP contribution in [0.2, 0.25) is 12.1 Å². The van der Waals surface area contributed by atoms with Crippen LogP contribution in [0.15, 0.2) is 0 Å². The molecule has 10 nitrogen and oxygen atoms in total. The molecule has 4 aliphatic heterocycles. The Morgan fingerprint density at radius 3 is 2.21 bits per heavy atom. The summed E-state index contributed by atoms with van der Waals surface area (Å²) in [6, 6.07) is 1.72. The van der Waals surface area contributed by atoms with Gasteiger partial charge in [0.25, 0.3) is 0 Å². The molecule has 4 saturated heterocycles. The number of hydrogen-bond donors (Lipinski definition) is 1. The fourth-order valence-electron chi connectivity index (χ4n) is 6.98. The molecule has 0 aromatic heterocycles. The van der Waals surface area contributed by atoms with Crippen molar-refractivity contribution in [2.75, 3.05) is 20.3 Å². The van der Waals surface area contributed by atoms with Gasteiger partial charge in [0, 0.05) is 20.0 Å². The minimum Gasteiger partial charge on any atom is -0.465 e. The topological polar surface area (TPSA) is 111 Å². The molecule has 11 heteroatoms. The number of hydrogen-bond acceptors (Lipinski definition) is 10. The fraction of sp³-hybridized carbons (Fsp3) is 0.969. The molecule has 0 spiro atoms. The molecule has 4 heterocycles. The predicted molar refractivity (Wildman–Crippen MR) is 163 cm³/mol. The van der Waals surface area contributed by atoms with Gasteiger partial charge in [0.05, 0.1) is 43.0 Å². The quantitative estimate of drug-likeness (QED) is 0.240. The van der Waals surface area contributed by atoms with E-state index in [9.17, 15) is 9.90 Å². The van der Waals surface area contributed by atoms with Crippen molar-refractivity contribution in [2.24, 2.45) is 17.3 Å². The van der Waals surface area contributed by atoms with Gasteiger partial charge in [-0.2, -0.15) is 0 Å². The molecular formula is C32H58O10Si. The molecule has 4 rings (SSSR count). The Labute approximate surface area is 260 Å². The number of rotatable bonds is 12. The Kier molecular flexibility index (Phi) is 11.5. The molecule has 0 saturated carbocycles. The van der Waals surface area contributed by atoms with Crippen molar-refractivity contribution in [1.82, 2.24) is 0 Å². The average molecular weight is 631 g/mol. The molecule has 0 aromatic carbocycles. The third-order valence-corrected chi connectivity index (χ3v) is 13.2. The lowest BCUT2D eigenvalue weighted by atomic mass is 9.88. The number of aliphatic hydroxyl groups is 1. The summed E-state index contributed by atoms with van der Waals surface area (Å²) in [5.41, 5.74) is -0.547. The van der Waals surface area contributed by atoms with Gasteiger partial charge >= 0.3 is 14.5 Å². The van der Waals surface area contributed by atoms with Crippen LogP contribution >= 0.6 is 0 Å². The van der Waals surface area contributed by atoms with Crippen molar-refractivity contribution in [3.8, 4) is 0 Å². The van der Waals surface area contributed by atoms with Crippen LogP contribution in [0.5, 0.6) is 0 Å². The standard InChI is InChI=1S/C32H58O10Si/c1-19(2)17-43(35-10,18-20(3)4)42-27-24(15-22-16-37-32(8,9)41-22)40-28-25(33)26-23(39-29(27)28)12-11-21(38-26)13-14-36-30(34)31(5,6)7/h19-29,33H,11-18H2,1-10H3/t21-,22?,23+,24-,25-,26+,27+,28+,29+/m1/s1. The zero-order chi connectivity index (χ0) is 31.7. The number of fused-ring (bicyclic) bond motifs is 2. The van der Waals surface area contributed by atoms with Gasteiger partial charge in [0.2, 0.25) is 0 Å². The Balaban J connectivity index is 1.50. The summed E-state index contributed by atoms with van der Waals surface area (Å²) in [6.45, 7) is 18.9. The first-order chi connectivity index (χ1) is 20.0. The third-order valence-electron chi connectivity index (χ3n) is 8.85. The molecule has 4 fully saturated rings. The Morgan fingerprint density at radius 1 is 0.977 bits per heavy atom. The highest BCUT2D eigenvalue weighted by Gasteiger charge is 2.60. The first kappa shape index (κ1) is 35.2. The van der Waals surface area contributed by atoms with E-state index in [1.54, 1.807) is 7.11 Å². The summed E-state index contributed by atoms with van der Waals surface area (Å²) in [5, 5.41) is 11.7. The monoisotopic (exact) mass is 630 g/mol. The van der Waals surface area contributed by atoms with Crippen LogP contribution in [0.1, 0.15) is 88.0 Å². The second kappa shape index (κ2) is 14.0. The molecule has 0 radical (unpaired) electrons. The van der Waals surface area contributed by atoms with Gasteiger partial charge in [-0.3, -0.25) is 4.79 Å². The first-order valence-electron chi connectivity index (χ1n) is 16.4. The molecule has 9 atom stereocenters. The van der Waals surface area contributed by atoms with E-state index in [1.165, 1.54) is 0 Å². The van der Waals surface area contributed by atoms with Crippen LogP contribution in [0.4, 0.5) is 0 Å². The van der Waals surface area contributed by atoms with E-state index in [2.05, 4.69) is 27.7 Å². The van der Waals surface area contributed by atoms with Gasteiger partial charge in [-0.25, -0.2) is 0 Å². The van der Waals surface area contributed by atoms with Crippen LogP contribution in [0.25, 0.3) is 0 Å². The summed E-state index contributed by atoms with van der Waals surface area (Å²) in [7, 11) is -0.890. The average Bonchev–Trinajstić information content (AvgIpc) is 3.41. The Bertz CT molecular complexity index is 910. The SMILES string of the molecule is CO[Si](CC(C)C)(CC(C)C)O[C@@H]1[C@@H]2O[C@H]3CC[C@H](CCOC(=O)C(C)(C)C)O[C@@H]3[C@@H](O)[C@@H]2O[C@@H]1CC1COC(C)(C)O1. The highest BCUT2D eigenvalue weighted by atomic mass is 28.4. The molecule has 0 amide bonds. The zero-order valence-electron chi connectivity index (χ0n) is 28.1. The normalized spacial score (nSPS) is 36.2. The van der Waals surface area contributed by atoms with E-state index in [0.717, 1.165) is 24.9 Å². The molecule has 250 valence electrons. The highest BCUT2D eigenvalue weighted by Crippen LogP contribution is 2.44. The highest BCUT2D eigenvalue weighted by molar-refractivity contribution is 6.67. The molecule has 43 heavy (non-hydrogen) atoms. The fourth-order valence-corrected chi connectivity index (χ4v) is 11.0. The maximum absolute atomic E-state index is 12.2. The van der Waals surface area contributed by atoms with E-state index < -0.39 is 50.3 Å². The van der Waals surface area contributed by atoms with Crippen LogP contribution in [0, 0.1) is 17.3 Å². The van der Waals surface area contributed by atoms with Crippen LogP contribution < -0.4 is 0 Å². The van der Waals surface area contributed by atoms with Gasteiger partial charge in [-0.15, -0.1) is 0 Å². The molecule has 1 N–H and O–H groups in total. The van der Waals surface area contributed by atoms with Gasteiger partial charge in [0.15, 0.2) is 5.79 Å². The molecule has 0 aromatic rings. The Morgan fingerprint density at radius 2 is 1.65 bits per heavy atom.